The van der Waals surface area contributed by atoms with E-state index in [1.807, 2.05) is 18.2 Å². The number of likely N-dealkylation sites (N-methyl/N-ethyl adjacent to an activating group) is 1. The normalized spacial score (nSPS) is 17.9. The summed E-state index contributed by atoms with van der Waals surface area (Å²) in [6.45, 7) is 2.10. The molecule has 2 amide bonds. The van der Waals surface area contributed by atoms with Crippen LogP contribution in [0.2, 0.25) is 0 Å². The second-order valence-corrected chi connectivity index (χ2v) is 6.66. The zero-order chi connectivity index (χ0) is 18.5. The number of nitrogens with one attached hydrogen (secondary N) is 1. The first-order chi connectivity index (χ1) is 12.6. The van der Waals surface area contributed by atoms with Gasteiger partial charge in [-0.1, -0.05) is 42.5 Å². The first-order valence-electron chi connectivity index (χ1n) is 8.93. The lowest BCUT2D eigenvalue weighted by atomic mass is 10.0. The molecule has 0 aliphatic carbocycles. The zero-order valence-corrected chi connectivity index (χ0v) is 15.0. The molecule has 26 heavy (non-hydrogen) atoms. The summed E-state index contributed by atoms with van der Waals surface area (Å²) in [6, 6.07) is 13.9. The molecule has 0 saturated carbocycles. The van der Waals surface area contributed by atoms with Gasteiger partial charge in [-0.25, -0.2) is 0 Å². The Kier molecular flexibility index (Phi) is 5.85. The van der Waals surface area contributed by atoms with Gasteiger partial charge in [-0.2, -0.15) is 0 Å². The summed E-state index contributed by atoms with van der Waals surface area (Å²) in [5, 5.41) is 14.2. The van der Waals surface area contributed by atoms with Gasteiger partial charge in [-0.15, -0.1) is 0 Å². The van der Waals surface area contributed by atoms with E-state index in [0.29, 0.717) is 19.6 Å². The van der Waals surface area contributed by atoms with Crippen molar-refractivity contribution in [3.05, 3.63) is 48.0 Å². The first kappa shape index (κ1) is 18.4. The summed E-state index contributed by atoms with van der Waals surface area (Å²) in [5.41, 5.74) is 1.15. The van der Waals surface area contributed by atoms with Gasteiger partial charge in [0, 0.05) is 33.2 Å². The van der Waals surface area contributed by atoms with Crippen molar-refractivity contribution in [1.82, 2.24) is 15.1 Å². The molecule has 1 fully saturated rings. The van der Waals surface area contributed by atoms with Crippen LogP contribution in [0.4, 0.5) is 0 Å². The fraction of sp³-hybridized carbons (Fsp3) is 0.400. The Labute approximate surface area is 153 Å². The number of benzene rings is 2. The number of hydrogen-bond donors (Lipinski definition) is 2. The number of rotatable bonds is 6. The average molecular weight is 355 g/mol. The van der Waals surface area contributed by atoms with Crippen molar-refractivity contribution in [2.75, 3.05) is 33.3 Å². The maximum Gasteiger partial charge on any atom is 0.237 e. The molecule has 138 valence electrons. The molecular weight excluding hydrogens is 330 g/mol. The predicted molar refractivity (Wildman–Crippen MR) is 100 cm³/mol. The van der Waals surface area contributed by atoms with Crippen LogP contribution in [0.5, 0.6) is 0 Å². The molecule has 2 N–H and O–H groups in total. The summed E-state index contributed by atoms with van der Waals surface area (Å²) in [7, 11) is 1.65. The SMILES string of the molecule is CN(CCO)C(=O)C[C@H]1C(=O)NCCN1Cc1cccc2ccccc12. The Morgan fingerprint density at radius 1 is 1.27 bits per heavy atom. The van der Waals surface area contributed by atoms with Crippen LogP contribution in [0.15, 0.2) is 42.5 Å². The van der Waals surface area contributed by atoms with E-state index in [4.69, 9.17) is 5.11 Å². The Balaban J connectivity index is 1.79. The van der Waals surface area contributed by atoms with Crippen LogP contribution in [0.3, 0.4) is 0 Å². The van der Waals surface area contributed by atoms with Gasteiger partial charge in [-0.05, 0) is 16.3 Å². The van der Waals surface area contributed by atoms with Crippen molar-refractivity contribution in [2.24, 2.45) is 0 Å². The third-order valence-corrected chi connectivity index (χ3v) is 4.92. The molecule has 1 aliphatic heterocycles. The van der Waals surface area contributed by atoms with E-state index < -0.39 is 6.04 Å². The Bertz CT molecular complexity index is 787. The van der Waals surface area contributed by atoms with Gasteiger partial charge >= 0.3 is 0 Å². The Morgan fingerprint density at radius 3 is 2.85 bits per heavy atom. The molecule has 1 heterocycles. The quantitative estimate of drug-likeness (QED) is 0.810. The smallest absolute Gasteiger partial charge is 0.237 e. The van der Waals surface area contributed by atoms with Crippen molar-refractivity contribution in [3.63, 3.8) is 0 Å². The highest BCUT2D eigenvalue weighted by molar-refractivity contribution is 5.89. The standard InChI is InChI=1S/C20H25N3O3/c1-22(11-12-24)19(25)13-18-20(26)21-9-10-23(18)14-16-7-4-6-15-5-2-3-8-17(15)16/h2-8,18,24H,9-14H2,1H3,(H,21,26)/t18-/m0/s1. The van der Waals surface area contributed by atoms with E-state index in [2.05, 4.69) is 34.5 Å². The predicted octanol–water partition coefficient (Wildman–Crippen LogP) is 0.981. The lowest BCUT2D eigenvalue weighted by molar-refractivity contribution is -0.138. The summed E-state index contributed by atoms with van der Waals surface area (Å²) >= 11 is 0. The highest BCUT2D eigenvalue weighted by atomic mass is 16.3. The molecule has 0 bridgehead atoms. The number of nitrogens with zero attached hydrogens (tertiary/aromatic N) is 2. The summed E-state index contributed by atoms with van der Waals surface area (Å²) in [6.07, 6.45) is 0.118. The third-order valence-electron chi connectivity index (χ3n) is 4.92. The number of piperazine rings is 1. The van der Waals surface area contributed by atoms with Gasteiger partial charge in [0.25, 0.3) is 0 Å². The van der Waals surface area contributed by atoms with Crippen molar-refractivity contribution < 1.29 is 14.7 Å². The molecule has 0 spiro atoms. The van der Waals surface area contributed by atoms with Crippen LogP contribution in [0, 0.1) is 0 Å². The van der Waals surface area contributed by atoms with Gasteiger partial charge in [0.05, 0.1) is 19.1 Å². The molecule has 2 aromatic carbocycles. The molecule has 6 heteroatoms. The fourth-order valence-electron chi connectivity index (χ4n) is 3.42. The second kappa shape index (κ2) is 8.29. The molecular formula is C20H25N3O3. The number of amides is 2. The van der Waals surface area contributed by atoms with Crippen molar-refractivity contribution in [1.29, 1.82) is 0 Å². The molecule has 1 atom stereocenters. The van der Waals surface area contributed by atoms with Crippen molar-refractivity contribution in [3.8, 4) is 0 Å². The van der Waals surface area contributed by atoms with E-state index >= 15 is 0 Å². The first-order valence-corrected chi connectivity index (χ1v) is 8.93. The van der Waals surface area contributed by atoms with Crippen LogP contribution in [0.25, 0.3) is 10.8 Å². The number of carbonyl (C=O) groups excluding carboxylic acids is 2. The van der Waals surface area contributed by atoms with E-state index in [1.165, 1.54) is 15.7 Å². The highest BCUT2D eigenvalue weighted by Gasteiger charge is 2.32. The van der Waals surface area contributed by atoms with Gasteiger partial charge in [0.2, 0.25) is 11.8 Å². The molecule has 0 radical (unpaired) electrons. The van der Waals surface area contributed by atoms with E-state index in [9.17, 15) is 9.59 Å². The summed E-state index contributed by atoms with van der Waals surface area (Å²) in [5.74, 6) is -0.244. The van der Waals surface area contributed by atoms with Crippen LogP contribution < -0.4 is 5.32 Å². The number of aliphatic hydroxyl groups is 1. The maximum atomic E-state index is 12.4. The van der Waals surface area contributed by atoms with Gasteiger partial charge in [0.1, 0.15) is 0 Å². The monoisotopic (exact) mass is 355 g/mol. The van der Waals surface area contributed by atoms with Crippen LogP contribution >= 0.6 is 0 Å². The number of aliphatic hydroxyl groups excluding tert-OH is 1. The third kappa shape index (κ3) is 4.03. The second-order valence-electron chi connectivity index (χ2n) is 6.66. The molecule has 3 rings (SSSR count). The summed E-state index contributed by atoms with van der Waals surface area (Å²) in [4.78, 5) is 28.3. The molecule has 0 aromatic heterocycles. The minimum absolute atomic E-state index is 0.0845. The van der Waals surface area contributed by atoms with Crippen molar-refractivity contribution in [2.45, 2.75) is 19.0 Å². The lowest BCUT2D eigenvalue weighted by Gasteiger charge is -2.35. The van der Waals surface area contributed by atoms with Crippen LogP contribution in [-0.2, 0) is 16.1 Å². The molecule has 6 nitrogen and oxygen atoms in total. The van der Waals surface area contributed by atoms with E-state index in [1.54, 1.807) is 7.05 Å². The average Bonchev–Trinajstić information content (AvgIpc) is 2.65. The largest absolute Gasteiger partial charge is 0.395 e. The van der Waals surface area contributed by atoms with Gasteiger partial charge in [0.15, 0.2) is 0 Å². The number of fused-ring (bicyclic) bond motifs is 1. The Morgan fingerprint density at radius 2 is 2.04 bits per heavy atom. The molecule has 1 saturated heterocycles. The topological polar surface area (TPSA) is 72.9 Å². The number of carbonyl (C=O) groups is 2. The maximum absolute atomic E-state index is 12.4. The van der Waals surface area contributed by atoms with Gasteiger partial charge in [-0.3, -0.25) is 14.5 Å². The lowest BCUT2D eigenvalue weighted by Crippen LogP contribution is -2.56. The minimum atomic E-state index is -0.489. The van der Waals surface area contributed by atoms with Crippen LogP contribution in [0.1, 0.15) is 12.0 Å². The Hall–Kier alpha value is -2.44. The minimum Gasteiger partial charge on any atom is -0.395 e. The highest BCUT2D eigenvalue weighted by Crippen LogP contribution is 2.22. The molecule has 2 aromatic rings. The summed E-state index contributed by atoms with van der Waals surface area (Å²) < 4.78 is 0. The molecule has 0 unspecified atom stereocenters. The van der Waals surface area contributed by atoms with Gasteiger partial charge < -0.3 is 15.3 Å². The van der Waals surface area contributed by atoms with Crippen molar-refractivity contribution >= 4 is 22.6 Å². The fourth-order valence-corrected chi connectivity index (χ4v) is 3.42. The molecule has 1 aliphatic rings. The van der Waals surface area contributed by atoms with E-state index in [0.717, 1.165) is 5.56 Å². The zero-order valence-electron chi connectivity index (χ0n) is 15.0. The van der Waals surface area contributed by atoms with E-state index in [-0.39, 0.29) is 31.4 Å². The van der Waals surface area contributed by atoms with Crippen LogP contribution in [-0.4, -0.2) is 66.1 Å². The number of hydrogen-bond acceptors (Lipinski definition) is 4.